The molecule has 0 bridgehead atoms. The van der Waals surface area contributed by atoms with Gasteiger partial charge in [0.2, 0.25) is 12.7 Å². The Morgan fingerprint density at radius 1 is 0.947 bits per heavy atom. The summed E-state index contributed by atoms with van der Waals surface area (Å²) >= 11 is 6.17. The molecule has 3 aromatic carbocycles. The van der Waals surface area contributed by atoms with Gasteiger partial charge < -0.3 is 25.0 Å². The van der Waals surface area contributed by atoms with Crippen LogP contribution in [-0.2, 0) is 11.3 Å². The van der Waals surface area contributed by atoms with E-state index in [9.17, 15) is 14.4 Å². The van der Waals surface area contributed by atoms with Crippen molar-refractivity contribution in [2.75, 3.05) is 22.3 Å². The number of aromatic amines is 1. The number of anilines is 3. The van der Waals surface area contributed by atoms with E-state index in [0.29, 0.717) is 56.0 Å². The maximum Gasteiger partial charge on any atom is 0.274 e. The summed E-state index contributed by atoms with van der Waals surface area (Å²) in [5.74, 6) is 0.146. The van der Waals surface area contributed by atoms with Crippen LogP contribution in [0.3, 0.4) is 0 Å². The van der Waals surface area contributed by atoms with Gasteiger partial charge in [-0.05, 0) is 42.5 Å². The molecule has 10 nitrogen and oxygen atoms in total. The molecule has 0 atom stereocenters. The zero-order chi connectivity index (χ0) is 26.4. The lowest BCUT2D eigenvalue weighted by molar-refractivity contribution is -0.116. The molecule has 3 N–H and O–H groups in total. The molecule has 11 heteroatoms. The van der Waals surface area contributed by atoms with Crippen molar-refractivity contribution in [3.05, 3.63) is 82.5 Å². The van der Waals surface area contributed by atoms with E-state index in [-0.39, 0.29) is 30.8 Å². The number of rotatable bonds is 4. The van der Waals surface area contributed by atoms with Crippen molar-refractivity contribution in [2.45, 2.75) is 13.5 Å². The molecule has 0 saturated carbocycles. The Morgan fingerprint density at radius 2 is 1.68 bits per heavy atom. The molecule has 4 aromatic rings. The van der Waals surface area contributed by atoms with Crippen LogP contribution in [0, 0.1) is 0 Å². The third kappa shape index (κ3) is 4.10. The molecule has 3 heterocycles. The largest absolute Gasteiger partial charge is 0.454 e. The Hall–Kier alpha value is -4.83. The molecular weight excluding hydrogens is 510 g/mol. The highest BCUT2D eigenvalue weighted by molar-refractivity contribution is 6.34. The SMILES string of the molecule is CC(=O)N1Cc2c(n[nH]c2C(=O)Nc2ccc3c(c2)OCO3)-c2cc(NC(=O)c3ccccc3Cl)ccc21. The van der Waals surface area contributed by atoms with Crippen molar-refractivity contribution in [1.29, 1.82) is 0 Å². The van der Waals surface area contributed by atoms with Crippen molar-refractivity contribution in [3.63, 3.8) is 0 Å². The molecule has 38 heavy (non-hydrogen) atoms. The Balaban J connectivity index is 1.32. The molecule has 0 unspecified atom stereocenters. The maximum atomic E-state index is 13.2. The van der Waals surface area contributed by atoms with E-state index in [0.717, 1.165) is 0 Å². The number of nitrogens with one attached hydrogen (secondary N) is 3. The number of hydrogen-bond donors (Lipinski definition) is 3. The highest BCUT2D eigenvalue weighted by Crippen LogP contribution is 2.41. The highest BCUT2D eigenvalue weighted by Gasteiger charge is 2.31. The molecule has 0 fully saturated rings. The first-order valence-electron chi connectivity index (χ1n) is 11.7. The smallest absolute Gasteiger partial charge is 0.274 e. The van der Waals surface area contributed by atoms with Crippen molar-refractivity contribution in [3.8, 4) is 22.8 Å². The minimum atomic E-state index is -0.423. The number of benzene rings is 3. The first kappa shape index (κ1) is 23.6. The van der Waals surface area contributed by atoms with Crippen molar-refractivity contribution in [2.24, 2.45) is 0 Å². The fourth-order valence-corrected chi connectivity index (χ4v) is 4.73. The number of fused-ring (bicyclic) bond motifs is 4. The minimum Gasteiger partial charge on any atom is -0.454 e. The van der Waals surface area contributed by atoms with E-state index in [1.807, 2.05) is 0 Å². The first-order valence-corrected chi connectivity index (χ1v) is 12.0. The zero-order valence-corrected chi connectivity index (χ0v) is 20.8. The monoisotopic (exact) mass is 529 g/mol. The maximum absolute atomic E-state index is 13.2. The van der Waals surface area contributed by atoms with Gasteiger partial charge in [-0.25, -0.2) is 0 Å². The average Bonchev–Trinajstić information content (AvgIpc) is 3.55. The number of ether oxygens (including phenoxy) is 2. The Morgan fingerprint density at radius 3 is 2.50 bits per heavy atom. The fourth-order valence-electron chi connectivity index (χ4n) is 4.50. The summed E-state index contributed by atoms with van der Waals surface area (Å²) in [6.45, 7) is 1.74. The van der Waals surface area contributed by atoms with E-state index < -0.39 is 5.91 Å². The van der Waals surface area contributed by atoms with E-state index in [1.165, 1.54) is 6.92 Å². The second-order valence-corrected chi connectivity index (χ2v) is 9.13. The Kier molecular flexibility index (Phi) is 5.73. The second kappa shape index (κ2) is 9.24. The lowest BCUT2D eigenvalue weighted by atomic mass is 9.97. The molecule has 0 aliphatic carbocycles. The normalized spacial score (nSPS) is 12.9. The van der Waals surface area contributed by atoms with Crippen LogP contribution >= 0.6 is 11.6 Å². The van der Waals surface area contributed by atoms with Crippen LogP contribution < -0.4 is 25.0 Å². The van der Waals surface area contributed by atoms with Gasteiger partial charge in [-0.3, -0.25) is 19.5 Å². The van der Waals surface area contributed by atoms with Gasteiger partial charge in [0, 0.05) is 35.5 Å². The van der Waals surface area contributed by atoms with E-state index in [2.05, 4.69) is 20.8 Å². The summed E-state index contributed by atoms with van der Waals surface area (Å²) in [5, 5.41) is 13.2. The van der Waals surface area contributed by atoms with Crippen LogP contribution in [0.2, 0.25) is 5.02 Å². The molecule has 0 saturated heterocycles. The summed E-state index contributed by atoms with van der Waals surface area (Å²) in [6.07, 6.45) is 0. The van der Waals surface area contributed by atoms with Crippen LogP contribution in [0.5, 0.6) is 11.5 Å². The van der Waals surface area contributed by atoms with Gasteiger partial charge in [0.1, 0.15) is 11.4 Å². The molecule has 0 spiro atoms. The third-order valence-corrected chi connectivity index (χ3v) is 6.67. The lowest BCUT2D eigenvalue weighted by Gasteiger charge is -2.29. The molecule has 2 aliphatic heterocycles. The zero-order valence-electron chi connectivity index (χ0n) is 20.0. The van der Waals surface area contributed by atoms with E-state index in [4.69, 9.17) is 21.1 Å². The van der Waals surface area contributed by atoms with Crippen LogP contribution in [0.4, 0.5) is 17.1 Å². The van der Waals surface area contributed by atoms with Gasteiger partial charge in [-0.1, -0.05) is 23.7 Å². The number of hydrogen-bond acceptors (Lipinski definition) is 6. The predicted octanol–water partition coefficient (Wildman–Crippen LogP) is 4.83. The third-order valence-electron chi connectivity index (χ3n) is 6.34. The molecule has 6 rings (SSSR count). The number of amides is 3. The quantitative estimate of drug-likeness (QED) is 0.348. The summed E-state index contributed by atoms with van der Waals surface area (Å²) in [6, 6.07) is 17.0. The predicted molar refractivity (Wildman–Crippen MR) is 141 cm³/mol. The number of carbonyl (C=O) groups is 3. The topological polar surface area (TPSA) is 126 Å². The van der Waals surface area contributed by atoms with Gasteiger partial charge in [0.25, 0.3) is 11.8 Å². The molecule has 0 radical (unpaired) electrons. The fraction of sp³-hybridized carbons (Fsp3) is 0.111. The molecule has 3 amide bonds. The van der Waals surface area contributed by atoms with Crippen LogP contribution in [-0.4, -0.2) is 34.7 Å². The van der Waals surface area contributed by atoms with Gasteiger partial charge >= 0.3 is 0 Å². The van der Waals surface area contributed by atoms with E-state index >= 15 is 0 Å². The van der Waals surface area contributed by atoms with Gasteiger partial charge in [-0.2, -0.15) is 5.10 Å². The lowest BCUT2D eigenvalue weighted by Crippen LogP contribution is -2.32. The second-order valence-electron chi connectivity index (χ2n) is 8.72. The summed E-state index contributed by atoms with van der Waals surface area (Å²) < 4.78 is 10.7. The van der Waals surface area contributed by atoms with Crippen molar-refractivity contribution >= 4 is 46.4 Å². The number of H-pyrrole nitrogens is 1. The molecule has 190 valence electrons. The van der Waals surface area contributed by atoms with Crippen molar-refractivity contribution < 1.29 is 23.9 Å². The molecule has 2 aliphatic rings. The minimum absolute atomic E-state index is 0.127. The summed E-state index contributed by atoms with van der Waals surface area (Å²) in [7, 11) is 0. The summed E-state index contributed by atoms with van der Waals surface area (Å²) in [5.41, 5.74) is 3.85. The van der Waals surface area contributed by atoms with Gasteiger partial charge in [0.05, 0.1) is 22.8 Å². The standard InChI is InChI=1S/C27H20ClN5O5/c1-14(34)33-12-19-24(31-32-25(19)27(36)30-16-7-9-22-23(11-16)38-13-37-22)18-10-15(6-8-21(18)33)29-26(35)17-4-2-3-5-20(17)28/h2-11H,12-13H2,1H3,(H,29,35)(H,30,36)(H,31,32). The first-order chi connectivity index (χ1) is 18.4. The van der Waals surface area contributed by atoms with Crippen LogP contribution in [0.25, 0.3) is 11.3 Å². The van der Waals surface area contributed by atoms with Crippen LogP contribution in [0.1, 0.15) is 33.3 Å². The van der Waals surface area contributed by atoms with Gasteiger partial charge in [-0.15, -0.1) is 0 Å². The number of halogens is 1. The number of nitrogens with zero attached hydrogens (tertiary/aromatic N) is 2. The highest BCUT2D eigenvalue weighted by atomic mass is 35.5. The average molecular weight is 530 g/mol. The summed E-state index contributed by atoms with van der Waals surface area (Å²) in [4.78, 5) is 40.1. The number of carbonyl (C=O) groups excluding carboxylic acids is 3. The molecular formula is C27H20ClN5O5. The Labute approximate surface area is 221 Å². The number of aromatic nitrogens is 2. The van der Waals surface area contributed by atoms with E-state index in [1.54, 1.807) is 65.6 Å². The van der Waals surface area contributed by atoms with Crippen LogP contribution in [0.15, 0.2) is 60.7 Å². The van der Waals surface area contributed by atoms with Gasteiger partial charge in [0.15, 0.2) is 11.5 Å². The Bertz CT molecular complexity index is 1630. The van der Waals surface area contributed by atoms with Crippen molar-refractivity contribution in [1.82, 2.24) is 10.2 Å². The molecule has 1 aromatic heterocycles.